The first-order valence-corrected chi connectivity index (χ1v) is 6.76. The van der Waals surface area contributed by atoms with Gasteiger partial charge in [0.05, 0.1) is 13.2 Å². The fraction of sp³-hybridized carbons (Fsp3) is 0.333. The summed E-state index contributed by atoms with van der Waals surface area (Å²) in [6.07, 6.45) is 0. The van der Waals surface area contributed by atoms with Gasteiger partial charge in [0.1, 0.15) is 22.8 Å². The highest BCUT2D eigenvalue weighted by Gasteiger charge is 2.27. The minimum absolute atomic E-state index is 0.156. The number of halogens is 1. The zero-order valence-electron chi connectivity index (χ0n) is 11.6. The quantitative estimate of drug-likeness (QED) is 0.851. The molecule has 0 aliphatic carbocycles. The monoisotopic (exact) mass is 290 g/mol. The lowest BCUT2D eigenvalue weighted by Crippen LogP contribution is -2.41. The van der Waals surface area contributed by atoms with E-state index in [-0.39, 0.29) is 11.7 Å². The van der Waals surface area contributed by atoms with Crippen molar-refractivity contribution in [3.05, 3.63) is 41.4 Å². The average Bonchev–Trinajstić information content (AvgIpc) is 2.89. The molecule has 1 saturated heterocycles. The number of hydrogen-bond donors (Lipinski definition) is 0. The van der Waals surface area contributed by atoms with Gasteiger partial charge in [-0.3, -0.25) is 4.79 Å². The van der Waals surface area contributed by atoms with E-state index in [2.05, 4.69) is 5.16 Å². The van der Waals surface area contributed by atoms with Gasteiger partial charge >= 0.3 is 0 Å². The minimum Gasteiger partial charge on any atom is -0.378 e. The minimum atomic E-state index is -0.377. The summed E-state index contributed by atoms with van der Waals surface area (Å²) in [6.45, 7) is 3.79. The van der Waals surface area contributed by atoms with E-state index in [1.54, 1.807) is 24.0 Å². The van der Waals surface area contributed by atoms with Crippen LogP contribution in [0.2, 0.25) is 0 Å². The van der Waals surface area contributed by atoms with Crippen molar-refractivity contribution in [2.24, 2.45) is 0 Å². The standard InChI is InChI=1S/C15H15FN2O3/c1-10-13(15(19)18-5-7-20-8-6-18)14(17-21-10)11-3-2-4-12(16)9-11/h2-4,9H,5-8H2,1H3. The Balaban J connectivity index is 1.98. The first-order valence-electron chi connectivity index (χ1n) is 6.76. The predicted molar refractivity (Wildman–Crippen MR) is 73.4 cm³/mol. The van der Waals surface area contributed by atoms with Crippen LogP contribution in [0, 0.1) is 12.7 Å². The molecule has 2 aromatic rings. The van der Waals surface area contributed by atoms with Crippen LogP contribution in [-0.4, -0.2) is 42.3 Å². The Morgan fingerprint density at radius 2 is 2.10 bits per heavy atom. The van der Waals surface area contributed by atoms with E-state index < -0.39 is 0 Å². The summed E-state index contributed by atoms with van der Waals surface area (Å²) in [6, 6.07) is 5.97. The van der Waals surface area contributed by atoms with Crippen molar-refractivity contribution in [3.63, 3.8) is 0 Å². The van der Waals surface area contributed by atoms with E-state index in [4.69, 9.17) is 9.26 Å². The highest BCUT2D eigenvalue weighted by molar-refractivity contribution is 6.00. The Morgan fingerprint density at radius 1 is 1.33 bits per heavy atom. The Bertz CT molecular complexity index is 663. The molecule has 1 aromatic carbocycles. The smallest absolute Gasteiger partial charge is 0.259 e. The molecule has 0 saturated carbocycles. The summed E-state index contributed by atoms with van der Waals surface area (Å²) in [5, 5.41) is 3.92. The van der Waals surface area contributed by atoms with Gasteiger partial charge in [0.25, 0.3) is 5.91 Å². The molecule has 1 fully saturated rings. The number of carbonyl (C=O) groups is 1. The number of carbonyl (C=O) groups excluding carboxylic acids is 1. The molecule has 5 nitrogen and oxygen atoms in total. The average molecular weight is 290 g/mol. The molecule has 21 heavy (non-hydrogen) atoms. The van der Waals surface area contributed by atoms with Gasteiger partial charge in [-0.25, -0.2) is 4.39 Å². The van der Waals surface area contributed by atoms with Gasteiger partial charge in [0.15, 0.2) is 0 Å². The lowest BCUT2D eigenvalue weighted by molar-refractivity contribution is 0.0302. The number of nitrogens with zero attached hydrogens (tertiary/aromatic N) is 2. The zero-order chi connectivity index (χ0) is 14.8. The number of benzene rings is 1. The van der Waals surface area contributed by atoms with Gasteiger partial charge in [0.2, 0.25) is 0 Å². The van der Waals surface area contributed by atoms with Crippen LogP contribution < -0.4 is 0 Å². The predicted octanol–water partition coefficient (Wildman–Crippen LogP) is 2.26. The molecule has 1 aromatic heterocycles. The van der Waals surface area contributed by atoms with E-state index in [9.17, 15) is 9.18 Å². The van der Waals surface area contributed by atoms with Gasteiger partial charge in [-0.05, 0) is 19.1 Å². The first kappa shape index (κ1) is 13.8. The summed E-state index contributed by atoms with van der Waals surface area (Å²) in [5.74, 6) is -0.0972. The van der Waals surface area contributed by atoms with E-state index in [1.807, 2.05) is 0 Å². The van der Waals surface area contributed by atoms with Gasteiger partial charge in [-0.2, -0.15) is 0 Å². The topological polar surface area (TPSA) is 55.6 Å². The fourth-order valence-corrected chi connectivity index (χ4v) is 2.38. The molecule has 6 heteroatoms. The van der Waals surface area contributed by atoms with Crippen LogP contribution in [0.15, 0.2) is 28.8 Å². The van der Waals surface area contributed by atoms with Gasteiger partial charge < -0.3 is 14.2 Å². The van der Waals surface area contributed by atoms with E-state index in [0.29, 0.717) is 48.9 Å². The van der Waals surface area contributed by atoms with Crippen LogP contribution in [0.1, 0.15) is 16.1 Å². The van der Waals surface area contributed by atoms with Gasteiger partial charge in [0, 0.05) is 18.7 Å². The second-order valence-electron chi connectivity index (χ2n) is 4.88. The van der Waals surface area contributed by atoms with E-state index in [0.717, 1.165) is 0 Å². The first-order chi connectivity index (χ1) is 10.2. The third-order valence-electron chi connectivity index (χ3n) is 3.47. The van der Waals surface area contributed by atoms with Crippen molar-refractivity contribution in [2.75, 3.05) is 26.3 Å². The molecule has 1 aliphatic rings. The molecule has 1 amide bonds. The lowest BCUT2D eigenvalue weighted by Gasteiger charge is -2.26. The summed E-state index contributed by atoms with van der Waals surface area (Å²) >= 11 is 0. The molecular weight excluding hydrogens is 275 g/mol. The molecule has 0 unspecified atom stereocenters. The number of rotatable bonds is 2. The van der Waals surface area contributed by atoms with Crippen molar-refractivity contribution in [2.45, 2.75) is 6.92 Å². The summed E-state index contributed by atoms with van der Waals surface area (Å²) < 4.78 is 23.8. The van der Waals surface area contributed by atoms with E-state index in [1.165, 1.54) is 12.1 Å². The fourth-order valence-electron chi connectivity index (χ4n) is 2.38. The summed E-state index contributed by atoms with van der Waals surface area (Å²) in [4.78, 5) is 14.3. The number of aromatic nitrogens is 1. The maximum Gasteiger partial charge on any atom is 0.259 e. The Labute approximate surface area is 121 Å². The van der Waals surface area contributed by atoms with Crippen LogP contribution in [-0.2, 0) is 4.74 Å². The molecule has 110 valence electrons. The zero-order valence-corrected chi connectivity index (χ0v) is 11.6. The Morgan fingerprint density at radius 3 is 2.81 bits per heavy atom. The maximum atomic E-state index is 13.4. The van der Waals surface area contributed by atoms with Crippen LogP contribution in [0.25, 0.3) is 11.3 Å². The number of morpholine rings is 1. The molecule has 0 N–H and O–H groups in total. The highest BCUT2D eigenvalue weighted by atomic mass is 19.1. The molecule has 0 radical (unpaired) electrons. The maximum absolute atomic E-state index is 13.4. The Kier molecular flexibility index (Phi) is 3.70. The Hall–Kier alpha value is -2.21. The molecule has 1 aliphatic heterocycles. The molecule has 3 rings (SSSR count). The number of aryl methyl sites for hydroxylation is 1. The van der Waals surface area contributed by atoms with Gasteiger partial charge in [-0.15, -0.1) is 0 Å². The molecule has 0 atom stereocenters. The molecular formula is C15H15FN2O3. The van der Waals surface area contributed by atoms with Crippen molar-refractivity contribution in [3.8, 4) is 11.3 Å². The van der Waals surface area contributed by atoms with Crippen LogP contribution in [0.3, 0.4) is 0 Å². The van der Waals surface area contributed by atoms with Crippen LogP contribution in [0.5, 0.6) is 0 Å². The third-order valence-corrected chi connectivity index (χ3v) is 3.47. The summed E-state index contributed by atoms with van der Waals surface area (Å²) in [5.41, 5.74) is 1.30. The summed E-state index contributed by atoms with van der Waals surface area (Å²) in [7, 11) is 0. The van der Waals surface area contributed by atoms with Crippen molar-refractivity contribution < 1.29 is 18.4 Å². The van der Waals surface area contributed by atoms with Crippen LogP contribution in [0.4, 0.5) is 4.39 Å². The number of hydrogen-bond acceptors (Lipinski definition) is 4. The van der Waals surface area contributed by atoms with Crippen molar-refractivity contribution in [1.82, 2.24) is 10.1 Å². The second-order valence-corrected chi connectivity index (χ2v) is 4.88. The van der Waals surface area contributed by atoms with Crippen molar-refractivity contribution >= 4 is 5.91 Å². The lowest BCUT2D eigenvalue weighted by atomic mass is 10.0. The van der Waals surface area contributed by atoms with E-state index >= 15 is 0 Å². The highest BCUT2D eigenvalue weighted by Crippen LogP contribution is 2.27. The number of amides is 1. The normalized spacial score (nSPS) is 15.2. The van der Waals surface area contributed by atoms with Crippen molar-refractivity contribution in [1.29, 1.82) is 0 Å². The molecule has 0 spiro atoms. The largest absolute Gasteiger partial charge is 0.378 e. The molecule has 2 heterocycles. The second kappa shape index (κ2) is 5.65. The molecule has 0 bridgehead atoms. The van der Waals surface area contributed by atoms with Gasteiger partial charge in [-0.1, -0.05) is 17.3 Å². The number of ether oxygens (including phenoxy) is 1. The third kappa shape index (κ3) is 2.67. The SMILES string of the molecule is Cc1onc(-c2cccc(F)c2)c1C(=O)N1CCOCC1. The van der Waals surface area contributed by atoms with Crippen LogP contribution >= 0.6 is 0 Å².